The monoisotopic (exact) mass is 897 g/mol. The van der Waals surface area contributed by atoms with Crippen LogP contribution in [0.25, 0.3) is 0 Å². The lowest BCUT2D eigenvalue weighted by Crippen LogP contribution is -2.68. The Morgan fingerprint density at radius 1 is 0.738 bits per heavy atom. The zero-order valence-corrected chi connectivity index (χ0v) is 43.1. The van der Waals surface area contributed by atoms with Gasteiger partial charge in [-0.3, -0.25) is 0 Å². The van der Waals surface area contributed by atoms with Crippen molar-refractivity contribution in [2.45, 2.75) is 195 Å². The maximum absolute atomic E-state index is 7.40. The van der Waals surface area contributed by atoms with Gasteiger partial charge in [0, 0.05) is 53.7 Å². The zero-order valence-electron chi connectivity index (χ0n) is 43.1. The van der Waals surface area contributed by atoms with E-state index >= 15 is 0 Å². The molecule has 5 aliphatic carbocycles. The van der Waals surface area contributed by atoms with E-state index in [0.717, 1.165) is 80.5 Å². The standard InChI is InChI=1S/C57H88N2O6/c1-15-18-25-58-42-29-37-22-24-44(49-46(37)57(17-3)40(42)31-55(12,34(5)54(9,10)11)51(61-14)52(57)65-49)63-27-26-62-43-23-21-36-28-41(59-32-35-19-20-35)39-30-38(33(4)53(6,7)8)47(60-13)50-56(39,16-2)45(36)48(43)64-50/h21-24,33-35,38-42,47,50-52,58-59H,15-20,25-32H2,1-14H3/t33-,34+,38?,39?,40?,41-,42-,47-,50+,51+,52+,55-,56+,57+/m1/s1. The van der Waals surface area contributed by atoms with Crippen molar-refractivity contribution in [1.82, 2.24) is 10.6 Å². The quantitative estimate of drug-likeness (QED) is 0.143. The van der Waals surface area contributed by atoms with Crippen molar-refractivity contribution in [2.75, 3.05) is 40.5 Å². The Bertz CT molecular complexity index is 2040. The molecule has 2 aromatic carbocycles. The molecule has 0 bridgehead atoms. The molecule has 3 unspecified atom stereocenters. The van der Waals surface area contributed by atoms with Crippen molar-refractivity contribution in [3.63, 3.8) is 0 Å². The molecule has 0 radical (unpaired) electrons. The van der Waals surface area contributed by atoms with Gasteiger partial charge in [-0.05, 0) is 140 Å². The van der Waals surface area contributed by atoms with Gasteiger partial charge in [-0.1, -0.05) is 102 Å². The molecule has 2 aliphatic heterocycles. The van der Waals surface area contributed by atoms with Crippen LogP contribution in [0.3, 0.4) is 0 Å². The Balaban J connectivity index is 0.997. The Labute approximate surface area is 394 Å². The molecule has 2 N–H and O–H groups in total. The highest BCUT2D eigenvalue weighted by atomic mass is 16.6. The summed E-state index contributed by atoms with van der Waals surface area (Å²) in [6, 6.07) is 9.83. The lowest BCUT2D eigenvalue weighted by atomic mass is 9.45. The third-order valence-electron chi connectivity index (χ3n) is 19.8. The first-order valence-corrected chi connectivity index (χ1v) is 26.4. The molecule has 2 heterocycles. The van der Waals surface area contributed by atoms with Gasteiger partial charge in [0.05, 0.1) is 6.10 Å². The van der Waals surface area contributed by atoms with Crippen molar-refractivity contribution in [1.29, 1.82) is 0 Å². The molecule has 3 saturated carbocycles. The molecular weight excluding hydrogens is 809 g/mol. The van der Waals surface area contributed by atoms with Gasteiger partial charge in [-0.25, -0.2) is 0 Å². The van der Waals surface area contributed by atoms with Crippen LogP contribution in [-0.2, 0) is 33.1 Å². The summed E-state index contributed by atoms with van der Waals surface area (Å²) in [5.74, 6) is 6.54. The van der Waals surface area contributed by atoms with Gasteiger partial charge in [-0.2, -0.15) is 0 Å². The number of unbranched alkanes of at least 4 members (excludes halogenated alkanes) is 1. The number of rotatable bonds is 18. The average Bonchev–Trinajstić information content (AvgIpc) is 3.94. The van der Waals surface area contributed by atoms with Gasteiger partial charge < -0.3 is 39.1 Å². The molecule has 8 nitrogen and oxygen atoms in total. The SMILES string of the molecule is CCCCN[C@@H]1Cc2ccc(OCCOc3ccc4c5c3O[C@H]3[C@H](OC)C([C@@H](C)C(C)(C)C)CC([C@H](NCC6CC6)C4)[C@@]53CC)c3c2[C@]2(CC)C1C[C@](C)([C@@H](C)C(C)(C)C)[C@@H](OC)[C@@H]2O3. The van der Waals surface area contributed by atoms with Crippen LogP contribution < -0.4 is 29.6 Å². The third-order valence-corrected chi connectivity index (χ3v) is 19.8. The van der Waals surface area contributed by atoms with Gasteiger partial charge in [0.2, 0.25) is 0 Å². The normalized spacial score (nSPS) is 36.3. The third kappa shape index (κ3) is 7.48. The van der Waals surface area contributed by atoms with Gasteiger partial charge in [0.15, 0.2) is 23.0 Å². The molecule has 2 aromatic rings. The molecule has 8 heteroatoms. The summed E-state index contributed by atoms with van der Waals surface area (Å²) in [4.78, 5) is 0. The topological polar surface area (TPSA) is 79.4 Å². The van der Waals surface area contributed by atoms with Gasteiger partial charge >= 0.3 is 0 Å². The maximum atomic E-state index is 7.40. The van der Waals surface area contributed by atoms with E-state index < -0.39 is 0 Å². The van der Waals surface area contributed by atoms with E-state index in [1.807, 2.05) is 14.2 Å². The van der Waals surface area contributed by atoms with Crippen molar-refractivity contribution in [3.8, 4) is 23.0 Å². The molecule has 0 spiro atoms. The van der Waals surface area contributed by atoms with Crippen molar-refractivity contribution < 1.29 is 28.4 Å². The van der Waals surface area contributed by atoms with Crippen LogP contribution in [0.4, 0.5) is 0 Å². The molecular formula is C57H88N2O6. The summed E-state index contributed by atoms with van der Waals surface area (Å²) in [6.07, 6.45) is 11.2. The van der Waals surface area contributed by atoms with Gasteiger partial charge in [0.1, 0.15) is 31.5 Å². The van der Waals surface area contributed by atoms with E-state index in [0.29, 0.717) is 54.9 Å². The fourth-order valence-electron chi connectivity index (χ4n) is 15.4. The fraction of sp³-hybridized carbons (Fsp3) is 0.789. The summed E-state index contributed by atoms with van der Waals surface area (Å²) in [6.45, 7) is 31.8. The number of hydrogen-bond donors (Lipinski definition) is 2. The molecule has 0 aromatic heterocycles. The highest BCUT2D eigenvalue weighted by Crippen LogP contribution is 2.68. The molecule has 3 fully saturated rings. The second-order valence-corrected chi connectivity index (χ2v) is 24.6. The Kier molecular flexibility index (Phi) is 12.8. The van der Waals surface area contributed by atoms with E-state index in [9.17, 15) is 0 Å². The number of ether oxygens (including phenoxy) is 6. The minimum atomic E-state index is -0.162. The van der Waals surface area contributed by atoms with Crippen LogP contribution in [0.15, 0.2) is 24.3 Å². The van der Waals surface area contributed by atoms with Gasteiger partial charge in [-0.15, -0.1) is 0 Å². The zero-order chi connectivity index (χ0) is 46.4. The smallest absolute Gasteiger partial charge is 0.165 e. The van der Waals surface area contributed by atoms with Crippen LogP contribution in [0.2, 0.25) is 0 Å². The van der Waals surface area contributed by atoms with Crippen LogP contribution >= 0.6 is 0 Å². The Morgan fingerprint density at radius 3 is 1.82 bits per heavy atom. The van der Waals surface area contributed by atoms with E-state index in [1.165, 1.54) is 47.9 Å². The first-order valence-electron chi connectivity index (χ1n) is 26.4. The molecule has 14 atom stereocenters. The van der Waals surface area contributed by atoms with E-state index in [4.69, 9.17) is 28.4 Å². The highest BCUT2D eigenvalue weighted by molar-refractivity contribution is 5.62. The largest absolute Gasteiger partial charge is 0.486 e. The maximum Gasteiger partial charge on any atom is 0.165 e. The molecule has 0 amide bonds. The molecule has 362 valence electrons. The first kappa shape index (κ1) is 47.5. The van der Waals surface area contributed by atoms with E-state index in [-0.39, 0.29) is 51.5 Å². The van der Waals surface area contributed by atoms with Crippen molar-refractivity contribution in [2.24, 2.45) is 51.8 Å². The Hall–Kier alpha value is -2.52. The van der Waals surface area contributed by atoms with Gasteiger partial charge in [0.25, 0.3) is 0 Å². The van der Waals surface area contributed by atoms with Crippen LogP contribution in [0.5, 0.6) is 23.0 Å². The Morgan fingerprint density at radius 2 is 1.31 bits per heavy atom. The highest BCUT2D eigenvalue weighted by Gasteiger charge is 2.69. The second kappa shape index (κ2) is 17.5. The molecule has 9 rings (SSSR count). The average molecular weight is 897 g/mol. The summed E-state index contributed by atoms with van der Waals surface area (Å²) in [5, 5.41) is 8.25. The lowest BCUT2D eigenvalue weighted by Gasteiger charge is -2.61. The summed E-state index contributed by atoms with van der Waals surface area (Å²) >= 11 is 0. The van der Waals surface area contributed by atoms with Crippen molar-refractivity contribution in [3.05, 3.63) is 46.5 Å². The minimum absolute atomic E-state index is 0.000279. The fourth-order valence-corrected chi connectivity index (χ4v) is 15.4. The first-order chi connectivity index (χ1) is 30.9. The second-order valence-electron chi connectivity index (χ2n) is 24.6. The minimum Gasteiger partial charge on any atom is -0.486 e. The number of methoxy groups -OCH3 is 2. The lowest BCUT2D eigenvalue weighted by molar-refractivity contribution is -0.180. The van der Waals surface area contributed by atoms with E-state index in [2.05, 4.69) is 118 Å². The molecule has 0 saturated heterocycles. The molecule has 7 aliphatic rings. The number of benzene rings is 2. The van der Waals surface area contributed by atoms with Crippen LogP contribution in [0, 0.1) is 51.8 Å². The number of nitrogens with one attached hydrogen (secondary N) is 2. The predicted molar refractivity (Wildman–Crippen MR) is 262 cm³/mol. The predicted octanol–water partition coefficient (Wildman–Crippen LogP) is 11.3. The summed E-state index contributed by atoms with van der Waals surface area (Å²) < 4.78 is 41.6. The number of hydrogen-bond acceptors (Lipinski definition) is 8. The van der Waals surface area contributed by atoms with Crippen LogP contribution in [0.1, 0.15) is 157 Å². The van der Waals surface area contributed by atoms with Crippen LogP contribution in [-0.4, -0.2) is 77.0 Å². The van der Waals surface area contributed by atoms with E-state index in [1.54, 1.807) is 0 Å². The summed E-state index contributed by atoms with van der Waals surface area (Å²) in [5.41, 5.74) is 5.50. The molecule has 65 heavy (non-hydrogen) atoms. The summed E-state index contributed by atoms with van der Waals surface area (Å²) in [7, 11) is 3.84. The van der Waals surface area contributed by atoms with Crippen molar-refractivity contribution >= 4 is 0 Å².